The third kappa shape index (κ3) is 3.40. The SMILES string of the molecule is O=C1CCC(OCc2ccc(C(=O)O)cc2)CC1. The summed E-state index contributed by atoms with van der Waals surface area (Å²) in [5.74, 6) is -0.603. The van der Waals surface area contributed by atoms with E-state index >= 15 is 0 Å². The number of ketones is 1. The second-order valence-corrected chi connectivity index (χ2v) is 4.55. The number of carboxylic acids is 1. The summed E-state index contributed by atoms with van der Waals surface area (Å²) in [6, 6.07) is 6.67. The van der Waals surface area contributed by atoms with Gasteiger partial charge in [0.2, 0.25) is 0 Å². The van der Waals surface area contributed by atoms with E-state index in [4.69, 9.17) is 9.84 Å². The number of carbonyl (C=O) groups excluding carboxylic acids is 1. The van der Waals surface area contributed by atoms with Crippen LogP contribution in [0, 0.1) is 0 Å². The molecule has 1 aromatic carbocycles. The van der Waals surface area contributed by atoms with Gasteiger partial charge in [-0.1, -0.05) is 12.1 Å². The van der Waals surface area contributed by atoms with Crippen LogP contribution in [0.5, 0.6) is 0 Å². The van der Waals surface area contributed by atoms with E-state index in [0.29, 0.717) is 25.2 Å². The molecule has 1 aliphatic carbocycles. The number of Topliss-reactive ketones (excluding diaryl/α,β-unsaturated/α-hetero) is 1. The number of benzene rings is 1. The van der Waals surface area contributed by atoms with Crippen molar-refractivity contribution in [2.45, 2.75) is 38.4 Å². The van der Waals surface area contributed by atoms with Crippen LogP contribution >= 0.6 is 0 Å². The van der Waals surface area contributed by atoms with Crippen LogP contribution in [0.3, 0.4) is 0 Å². The molecule has 0 aliphatic heterocycles. The van der Waals surface area contributed by atoms with Crippen LogP contribution in [-0.2, 0) is 16.1 Å². The van der Waals surface area contributed by atoms with Gasteiger partial charge in [0.15, 0.2) is 0 Å². The largest absolute Gasteiger partial charge is 0.478 e. The van der Waals surface area contributed by atoms with Crippen LogP contribution in [0.1, 0.15) is 41.6 Å². The highest BCUT2D eigenvalue weighted by Crippen LogP contribution is 2.19. The van der Waals surface area contributed by atoms with Crippen LogP contribution in [-0.4, -0.2) is 23.0 Å². The van der Waals surface area contributed by atoms with Crippen LogP contribution in [0.4, 0.5) is 0 Å². The highest BCUT2D eigenvalue weighted by Gasteiger charge is 2.18. The van der Waals surface area contributed by atoms with Crippen molar-refractivity contribution >= 4 is 11.8 Å². The molecule has 0 unspecified atom stereocenters. The summed E-state index contributed by atoms with van der Waals surface area (Å²) in [7, 11) is 0. The summed E-state index contributed by atoms with van der Waals surface area (Å²) < 4.78 is 5.72. The molecule has 1 aromatic rings. The van der Waals surface area contributed by atoms with E-state index in [1.807, 2.05) is 0 Å². The highest BCUT2D eigenvalue weighted by atomic mass is 16.5. The van der Waals surface area contributed by atoms with Gasteiger partial charge in [0.1, 0.15) is 5.78 Å². The van der Waals surface area contributed by atoms with Crippen molar-refractivity contribution in [1.29, 1.82) is 0 Å². The van der Waals surface area contributed by atoms with Gasteiger partial charge in [0.05, 0.1) is 18.3 Å². The minimum Gasteiger partial charge on any atom is -0.478 e. The Morgan fingerprint density at radius 1 is 1.22 bits per heavy atom. The zero-order valence-corrected chi connectivity index (χ0v) is 10.1. The third-order valence-corrected chi connectivity index (χ3v) is 3.18. The number of hydrogen-bond donors (Lipinski definition) is 1. The quantitative estimate of drug-likeness (QED) is 0.888. The lowest BCUT2D eigenvalue weighted by Crippen LogP contribution is -2.21. The van der Waals surface area contributed by atoms with Gasteiger partial charge in [-0.25, -0.2) is 4.79 Å². The van der Waals surface area contributed by atoms with E-state index in [-0.39, 0.29) is 11.7 Å². The summed E-state index contributed by atoms with van der Waals surface area (Å²) in [6.07, 6.45) is 2.98. The molecule has 4 heteroatoms. The molecule has 0 atom stereocenters. The summed E-state index contributed by atoms with van der Waals surface area (Å²) in [6.45, 7) is 0.471. The molecule has 0 amide bonds. The van der Waals surface area contributed by atoms with Crippen molar-refractivity contribution in [2.75, 3.05) is 0 Å². The molecular formula is C14H16O4. The minimum atomic E-state index is -0.923. The van der Waals surface area contributed by atoms with Gasteiger partial charge in [-0.2, -0.15) is 0 Å². The molecule has 2 rings (SSSR count). The van der Waals surface area contributed by atoms with Crippen LogP contribution in [0.15, 0.2) is 24.3 Å². The van der Waals surface area contributed by atoms with Crippen molar-refractivity contribution in [3.05, 3.63) is 35.4 Å². The molecule has 0 bridgehead atoms. The smallest absolute Gasteiger partial charge is 0.335 e. The van der Waals surface area contributed by atoms with Crippen molar-refractivity contribution in [2.24, 2.45) is 0 Å². The minimum absolute atomic E-state index is 0.154. The Bertz CT molecular complexity index is 426. The number of ether oxygens (including phenoxy) is 1. The summed E-state index contributed by atoms with van der Waals surface area (Å²) in [5, 5.41) is 8.77. The predicted octanol–water partition coefficient (Wildman–Crippen LogP) is 2.41. The number of hydrogen-bond acceptors (Lipinski definition) is 3. The fourth-order valence-corrected chi connectivity index (χ4v) is 2.04. The van der Waals surface area contributed by atoms with Crippen LogP contribution in [0.2, 0.25) is 0 Å². The molecule has 1 fully saturated rings. The Morgan fingerprint density at radius 3 is 2.39 bits per heavy atom. The fraction of sp³-hybridized carbons (Fsp3) is 0.429. The molecule has 1 N–H and O–H groups in total. The lowest BCUT2D eigenvalue weighted by Gasteiger charge is -2.21. The number of rotatable bonds is 4. The first-order valence-electron chi connectivity index (χ1n) is 6.10. The number of aromatic carboxylic acids is 1. The topological polar surface area (TPSA) is 63.6 Å². The van der Waals surface area contributed by atoms with E-state index in [0.717, 1.165) is 18.4 Å². The zero-order valence-electron chi connectivity index (χ0n) is 10.1. The maximum atomic E-state index is 11.1. The van der Waals surface area contributed by atoms with Gasteiger partial charge < -0.3 is 9.84 Å². The van der Waals surface area contributed by atoms with Gasteiger partial charge >= 0.3 is 5.97 Å². The Kier molecular flexibility index (Phi) is 4.10. The number of carbonyl (C=O) groups is 2. The van der Waals surface area contributed by atoms with Crippen LogP contribution < -0.4 is 0 Å². The summed E-state index contributed by atoms with van der Waals surface area (Å²) in [4.78, 5) is 21.8. The summed E-state index contributed by atoms with van der Waals surface area (Å²) in [5.41, 5.74) is 1.24. The second kappa shape index (κ2) is 5.78. The van der Waals surface area contributed by atoms with Crippen molar-refractivity contribution in [3.63, 3.8) is 0 Å². The molecule has 4 nitrogen and oxygen atoms in total. The first-order chi connectivity index (χ1) is 8.65. The average Bonchev–Trinajstić information content (AvgIpc) is 2.38. The maximum absolute atomic E-state index is 11.1. The molecule has 0 spiro atoms. The molecule has 0 aromatic heterocycles. The van der Waals surface area contributed by atoms with Crippen molar-refractivity contribution in [1.82, 2.24) is 0 Å². The van der Waals surface area contributed by atoms with E-state index < -0.39 is 5.97 Å². The molecule has 18 heavy (non-hydrogen) atoms. The summed E-state index contributed by atoms with van der Waals surface area (Å²) >= 11 is 0. The lowest BCUT2D eigenvalue weighted by atomic mass is 9.96. The van der Waals surface area contributed by atoms with Crippen LogP contribution in [0.25, 0.3) is 0 Å². The lowest BCUT2D eigenvalue weighted by molar-refractivity contribution is -0.123. The van der Waals surface area contributed by atoms with E-state index in [2.05, 4.69) is 0 Å². The first-order valence-corrected chi connectivity index (χ1v) is 6.10. The van der Waals surface area contributed by atoms with E-state index in [1.54, 1.807) is 24.3 Å². The molecule has 0 radical (unpaired) electrons. The second-order valence-electron chi connectivity index (χ2n) is 4.55. The normalized spacial score (nSPS) is 16.8. The Labute approximate surface area is 106 Å². The monoisotopic (exact) mass is 248 g/mol. The standard InChI is InChI=1S/C14H16O4/c15-12-5-7-13(8-6-12)18-9-10-1-3-11(4-2-10)14(16)17/h1-4,13H,5-9H2,(H,16,17). The van der Waals surface area contributed by atoms with Gasteiger partial charge in [0, 0.05) is 12.8 Å². The molecule has 0 heterocycles. The first kappa shape index (κ1) is 12.8. The zero-order chi connectivity index (χ0) is 13.0. The molecule has 0 saturated heterocycles. The molecule has 1 saturated carbocycles. The van der Waals surface area contributed by atoms with E-state index in [1.165, 1.54) is 0 Å². The fourth-order valence-electron chi connectivity index (χ4n) is 2.04. The average molecular weight is 248 g/mol. The third-order valence-electron chi connectivity index (χ3n) is 3.18. The predicted molar refractivity (Wildman–Crippen MR) is 65.5 cm³/mol. The van der Waals surface area contributed by atoms with Gasteiger partial charge in [-0.05, 0) is 30.5 Å². The molecule has 96 valence electrons. The number of carboxylic acid groups (broad SMARTS) is 1. The van der Waals surface area contributed by atoms with Gasteiger partial charge in [-0.3, -0.25) is 4.79 Å². The van der Waals surface area contributed by atoms with Gasteiger partial charge in [0.25, 0.3) is 0 Å². The van der Waals surface area contributed by atoms with E-state index in [9.17, 15) is 9.59 Å². The Balaban J connectivity index is 1.83. The van der Waals surface area contributed by atoms with Crippen molar-refractivity contribution in [3.8, 4) is 0 Å². The van der Waals surface area contributed by atoms with Crippen molar-refractivity contribution < 1.29 is 19.4 Å². The maximum Gasteiger partial charge on any atom is 0.335 e. The van der Waals surface area contributed by atoms with Gasteiger partial charge in [-0.15, -0.1) is 0 Å². The molecule has 1 aliphatic rings. The Hall–Kier alpha value is -1.68. The Morgan fingerprint density at radius 2 is 1.83 bits per heavy atom. The highest BCUT2D eigenvalue weighted by molar-refractivity contribution is 5.87. The molecular weight excluding hydrogens is 232 g/mol.